The predicted octanol–water partition coefficient (Wildman–Crippen LogP) is 16.1. The van der Waals surface area contributed by atoms with E-state index in [-0.39, 0.29) is 5.75 Å². The van der Waals surface area contributed by atoms with Crippen molar-refractivity contribution in [3.05, 3.63) is 192 Å². The first kappa shape index (κ1) is 37.7. The predicted molar refractivity (Wildman–Crippen MR) is 265 cm³/mol. The maximum Gasteiger partial charge on any atom is 0.149 e. The number of phenolic OH excluding ortho intramolecular Hbond substituents is 1. The fourth-order valence-corrected chi connectivity index (χ4v) is 8.87. The van der Waals surface area contributed by atoms with Crippen LogP contribution in [0.15, 0.2) is 164 Å². The lowest BCUT2D eigenvalue weighted by Crippen LogP contribution is -2.01. The van der Waals surface area contributed by atoms with Gasteiger partial charge in [-0.2, -0.15) is 0 Å². The van der Waals surface area contributed by atoms with Crippen LogP contribution in [0.1, 0.15) is 91.2 Å². The maximum absolute atomic E-state index is 11.7. The third-order valence-corrected chi connectivity index (χ3v) is 12.1. The summed E-state index contributed by atoms with van der Waals surface area (Å²) in [6.45, 7) is 15.3. The fourth-order valence-electron chi connectivity index (χ4n) is 8.87. The first-order chi connectivity index (χ1) is 31.3. The Morgan fingerprint density at radius 2 is 1.16 bits per heavy atom. The molecule has 1 N–H and O–H groups in total. The molecule has 0 aliphatic heterocycles. The highest BCUT2D eigenvalue weighted by Gasteiger charge is 2.23. The third kappa shape index (κ3) is 7.98. The van der Waals surface area contributed by atoms with Gasteiger partial charge in [-0.3, -0.25) is 9.55 Å². The van der Waals surface area contributed by atoms with Crippen molar-refractivity contribution in [2.24, 2.45) is 0 Å². The summed E-state index contributed by atoms with van der Waals surface area (Å²) in [6, 6.07) is 53.9. The average molecular weight is 825 g/mol. The van der Waals surface area contributed by atoms with Crippen LogP contribution in [0.25, 0.3) is 83.9 Å². The second-order valence-electron chi connectivity index (χ2n) is 17.4. The van der Waals surface area contributed by atoms with Crippen LogP contribution in [0.4, 0.5) is 0 Å². The fraction of sp³-hybridized carbons (Fsp3) is 0.186. The normalized spacial score (nSPS) is 12.9. The lowest BCUT2D eigenvalue weighted by Gasteiger charge is -2.20. The number of para-hydroxylation sites is 1. The molecule has 312 valence electrons. The SMILES string of the molecule is [2H]C(C)(C)c1ccc(-c2ccnc(-c3cc(-c4ccccc4)cc(-c4cccc5c4nc(-c4cc(C)cc(C)c4O)n5-c4ccc(-c5c(C([2H])(C)C)cccc5C([2H])(C)C)cc4)c3)c2)cc1. The molecule has 0 unspecified atom stereocenters. The Balaban J connectivity index is 1.24. The van der Waals surface area contributed by atoms with Crippen LogP contribution in [-0.4, -0.2) is 19.6 Å². The zero-order chi connectivity index (χ0) is 46.7. The number of rotatable bonds is 10. The molecule has 2 aromatic heterocycles. The molecule has 0 radical (unpaired) electrons. The number of aromatic nitrogens is 3. The highest BCUT2D eigenvalue weighted by atomic mass is 16.3. The Morgan fingerprint density at radius 1 is 0.524 bits per heavy atom. The standard InChI is InChI=1S/C59H55N3O/c1-36(2)41-20-22-43(23-21-41)45-28-29-60-54(35-45)48-33-46(42-14-10-9-11-15-42)32-47(34-48)52-18-13-19-55-57(52)61-59(53-31-39(7)30-40(8)58(53)63)62(55)49-26-24-44(25-27-49)56-50(37(3)4)16-12-17-51(56)38(5)6/h9-38,63H,1-8H3/i36D,37D,38D. The number of hydrogen-bond donors (Lipinski definition) is 1. The van der Waals surface area contributed by atoms with Gasteiger partial charge in [-0.15, -0.1) is 0 Å². The van der Waals surface area contributed by atoms with Crippen molar-refractivity contribution in [1.82, 2.24) is 14.5 Å². The topological polar surface area (TPSA) is 50.9 Å². The van der Waals surface area contributed by atoms with Crippen LogP contribution in [0.3, 0.4) is 0 Å². The highest BCUT2D eigenvalue weighted by Crippen LogP contribution is 2.42. The minimum absolute atomic E-state index is 0.182. The number of hydrogen-bond acceptors (Lipinski definition) is 3. The van der Waals surface area contributed by atoms with E-state index in [4.69, 9.17) is 14.1 Å². The minimum Gasteiger partial charge on any atom is -0.507 e. The van der Waals surface area contributed by atoms with E-state index in [0.29, 0.717) is 11.4 Å². The Kier molecular flexibility index (Phi) is 10.2. The van der Waals surface area contributed by atoms with Crippen LogP contribution in [0.2, 0.25) is 0 Å². The van der Waals surface area contributed by atoms with Crippen molar-refractivity contribution >= 4 is 11.0 Å². The number of fused-ring (bicyclic) bond motifs is 1. The van der Waals surface area contributed by atoms with Crippen molar-refractivity contribution < 1.29 is 9.22 Å². The van der Waals surface area contributed by atoms with E-state index in [1.807, 2.05) is 116 Å². The molecule has 0 spiro atoms. The molecule has 9 rings (SSSR count). The number of benzene rings is 7. The van der Waals surface area contributed by atoms with Gasteiger partial charge in [0.25, 0.3) is 0 Å². The summed E-state index contributed by atoms with van der Waals surface area (Å²) in [6.07, 6.45) is 1.86. The monoisotopic (exact) mass is 824 g/mol. The van der Waals surface area contributed by atoms with Gasteiger partial charge in [-0.1, -0.05) is 145 Å². The van der Waals surface area contributed by atoms with Gasteiger partial charge in [-0.25, -0.2) is 4.98 Å². The number of imidazole rings is 1. The number of aryl methyl sites for hydroxylation is 2. The zero-order valence-corrected chi connectivity index (χ0v) is 37.4. The molecule has 0 saturated carbocycles. The molecule has 9 aromatic rings. The van der Waals surface area contributed by atoms with E-state index in [9.17, 15) is 5.11 Å². The molecule has 0 bridgehead atoms. The number of pyridine rings is 1. The minimum atomic E-state index is -0.886. The molecule has 0 fully saturated rings. The lowest BCUT2D eigenvalue weighted by molar-refractivity contribution is 0.472. The second-order valence-corrected chi connectivity index (χ2v) is 17.4. The summed E-state index contributed by atoms with van der Waals surface area (Å²) in [4.78, 5) is 10.4. The van der Waals surface area contributed by atoms with E-state index in [0.717, 1.165) is 100 Å². The maximum atomic E-state index is 11.7. The van der Waals surface area contributed by atoms with Gasteiger partial charge in [0.1, 0.15) is 11.6 Å². The molecule has 4 nitrogen and oxygen atoms in total. The number of nitrogens with zero attached hydrogens (tertiary/aromatic N) is 3. The van der Waals surface area contributed by atoms with E-state index in [1.165, 1.54) is 0 Å². The summed E-state index contributed by atoms with van der Waals surface area (Å²) >= 11 is 0. The Morgan fingerprint density at radius 3 is 1.84 bits per heavy atom. The Bertz CT molecular complexity index is 3230. The summed E-state index contributed by atoms with van der Waals surface area (Å²) in [7, 11) is 0. The summed E-state index contributed by atoms with van der Waals surface area (Å²) in [5.41, 5.74) is 17.4. The lowest BCUT2D eigenvalue weighted by atomic mass is 9.85. The first-order valence-electron chi connectivity index (χ1n) is 23.2. The van der Waals surface area contributed by atoms with Crippen molar-refractivity contribution in [3.63, 3.8) is 0 Å². The summed E-state index contributed by atoms with van der Waals surface area (Å²) < 4.78 is 28.8. The van der Waals surface area contributed by atoms with E-state index >= 15 is 0 Å². The Labute approximate surface area is 376 Å². The van der Waals surface area contributed by atoms with Crippen molar-refractivity contribution in [3.8, 4) is 78.6 Å². The second kappa shape index (κ2) is 17.0. The smallest absolute Gasteiger partial charge is 0.149 e. The average Bonchev–Trinajstić information content (AvgIpc) is 3.69. The van der Waals surface area contributed by atoms with Crippen LogP contribution in [0, 0.1) is 13.8 Å². The summed E-state index contributed by atoms with van der Waals surface area (Å²) in [5.74, 6) is -1.66. The van der Waals surface area contributed by atoms with Gasteiger partial charge < -0.3 is 5.11 Å². The van der Waals surface area contributed by atoms with Gasteiger partial charge in [0.15, 0.2) is 0 Å². The van der Waals surface area contributed by atoms with E-state index < -0.39 is 17.7 Å². The van der Waals surface area contributed by atoms with Gasteiger partial charge in [0.2, 0.25) is 0 Å². The summed E-state index contributed by atoms with van der Waals surface area (Å²) in [5, 5.41) is 11.7. The third-order valence-electron chi connectivity index (χ3n) is 12.1. The molecule has 0 aliphatic rings. The zero-order valence-electron chi connectivity index (χ0n) is 40.4. The van der Waals surface area contributed by atoms with Gasteiger partial charge in [0.05, 0.1) is 22.3 Å². The van der Waals surface area contributed by atoms with E-state index in [1.54, 1.807) is 0 Å². The Hall–Kier alpha value is -7.04. The number of phenols is 1. The van der Waals surface area contributed by atoms with Crippen LogP contribution >= 0.6 is 0 Å². The molecule has 0 aliphatic carbocycles. The van der Waals surface area contributed by atoms with Gasteiger partial charge >= 0.3 is 0 Å². The molecule has 4 heteroatoms. The van der Waals surface area contributed by atoms with Crippen LogP contribution in [-0.2, 0) is 0 Å². The van der Waals surface area contributed by atoms with Crippen molar-refractivity contribution in [1.29, 1.82) is 0 Å². The molecule has 0 atom stereocenters. The van der Waals surface area contributed by atoms with Gasteiger partial charge in [-0.05, 0) is 153 Å². The molecule has 0 saturated heterocycles. The van der Waals surface area contributed by atoms with Crippen molar-refractivity contribution in [2.75, 3.05) is 0 Å². The largest absolute Gasteiger partial charge is 0.507 e. The molecule has 0 amide bonds. The first-order valence-corrected chi connectivity index (χ1v) is 21.7. The molecular weight excluding hydrogens is 767 g/mol. The van der Waals surface area contributed by atoms with Crippen LogP contribution < -0.4 is 0 Å². The van der Waals surface area contributed by atoms with E-state index in [2.05, 4.69) is 108 Å². The highest BCUT2D eigenvalue weighted by molar-refractivity contribution is 5.98. The van der Waals surface area contributed by atoms with Gasteiger partial charge in [0, 0.05) is 27.1 Å². The molecular formula is C59H55N3O. The number of aromatic hydroxyl groups is 1. The molecule has 2 heterocycles. The quantitative estimate of drug-likeness (QED) is 0.149. The molecule has 63 heavy (non-hydrogen) atoms. The van der Waals surface area contributed by atoms with Crippen molar-refractivity contribution in [2.45, 2.75) is 73.1 Å². The molecule has 7 aromatic carbocycles. The van der Waals surface area contributed by atoms with Crippen LogP contribution in [0.5, 0.6) is 5.75 Å².